The molecule has 5 heteroatoms. The van der Waals surface area contributed by atoms with Crippen LogP contribution in [0, 0.1) is 12.8 Å². The molecule has 2 atom stereocenters. The topological polar surface area (TPSA) is 75.6 Å². The van der Waals surface area contributed by atoms with Crippen LogP contribution in [-0.2, 0) is 16.1 Å². The zero-order valence-corrected chi connectivity index (χ0v) is 14.1. The Hall–Kier alpha value is -2.82. The number of ether oxygens (including phenoxy) is 1. The van der Waals surface area contributed by atoms with Gasteiger partial charge in [-0.05, 0) is 48.1 Å². The lowest BCUT2D eigenvalue weighted by molar-refractivity contribution is -0.139. The number of carboxylic acids is 1. The van der Waals surface area contributed by atoms with Gasteiger partial charge in [0.1, 0.15) is 5.75 Å². The third-order valence-corrected chi connectivity index (χ3v) is 4.44. The number of hydrogen-bond acceptors (Lipinski definition) is 3. The maximum Gasteiger partial charge on any atom is 0.341 e. The highest BCUT2D eigenvalue weighted by molar-refractivity contribution is 5.83. The first-order valence-corrected chi connectivity index (χ1v) is 8.31. The van der Waals surface area contributed by atoms with E-state index in [0.717, 1.165) is 12.0 Å². The molecule has 1 fully saturated rings. The quantitative estimate of drug-likeness (QED) is 0.813. The van der Waals surface area contributed by atoms with Gasteiger partial charge in [-0.2, -0.15) is 0 Å². The first-order chi connectivity index (χ1) is 12.0. The summed E-state index contributed by atoms with van der Waals surface area (Å²) < 4.78 is 5.15. The molecule has 0 aliphatic heterocycles. The van der Waals surface area contributed by atoms with E-state index in [0.29, 0.717) is 18.2 Å². The molecule has 0 radical (unpaired) electrons. The van der Waals surface area contributed by atoms with E-state index in [9.17, 15) is 9.59 Å². The average Bonchev–Trinajstić information content (AvgIpc) is 3.39. The SMILES string of the molecule is Cc1ccccc1[C@@H]1C[C@@H]1C(=O)NCc1cccc(OCC(=O)O)c1. The fourth-order valence-electron chi connectivity index (χ4n) is 3.04. The average molecular weight is 339 g/mol. The molecule has 25 heavy (non-hydrogen) atoms. The van der Waals surface area contributed by atoms with Crippen LogP contribution < -0.4 is 10.1 Å². The van der Waals surface area contributed by atoms with Crippen molar-refractivity contribution in [2.75, 3.05) is 6.61 Å². The van der Waals surface area contributed by atoms with Gasteiger partial charge >= 0.3 is 5.97 Å². The molecule has 2 N–H and O–H groups in total. The lowest BCUT2D eigenvalue weighted by Gasteiger charge is -2.08. The highest BCUT2D eigenvalue weighted by atomic mass is 16.5. The molecule has 2 aromatic carbocycles. The second-order valence-corrected chi connectivity index (χ2v) is 6.35. The van der Waals surface area contributed by atoms with Gasteiger partial charge in [-0.3, -0.25) is 4.79 Å². The standard InChI is InChI=1S/C20H21NO4/c1-13-5-2-3-8-16(13)17-10-18(17)20(24)21-11-14-6-4-7-15(9-14)25-12-19(22)23/h2-9,17-18H,10-12H2,1H3,(H,21,24)(H,22,23)/t17-,18-/m0/s1. The second kappa shape index (κ2) is 7.38. The van der Waals surface area contributed by atoms with E-state index in [1.807, 2.05) is 18.2 Å². The molecular formula is C20H21NO4. The summed E-state index contributed by atoms with van der Waals surface area (Å²) in [5, 5.41) is 11.6. The Morgan fingerprint density at radius 3 is 2.76 bits per heavy atom. The third kappa shape index (κ3) is 4.38. The number of aliphatic carboxylic acids is 1. The highest BCUT2D eigenvalue weighted by Gasteiger charge is 2.44. The molecule has 1 aliphatic rings. The Bertz CT molecular complexity index is 787. The number of hydrogen-bond donors (Lipinski definition) is 2. The lowest BCUT2D eigenvalue weighted by atomic mass is 10.0. The summed E-state index contributed by atoms with van der Waals surface area (Å²) in [5.74, 6) is -0.128. The van der Waals surface area contributed by atoms with Crippen molar-refractivity contribution in [2.24, 2.45) is 5.92 Å². The highest BCUT2D eigenvalue weighted by Crippen LogP contribution is 2.48. The Balaban J connectivity index is 1.53. The molecule has 0 aromatic heterocycles. The molecule has 0 spiro atoms. The van der Waals surface area contributed by atoms with E-state index in [1.54, 1.807) is 18.2 Å². The zero-order chi connectivity index (χ0) is 17.8. The van der Waals surface area contributed by atoms with Crippen LogP contribution in [0.4, 0.5) is 0 Å². The Kier molecular flexibility index (Phi) is 5.03. The van der Waals surface area contributed by atoms with Crippen LogP contribution in [-0.4, -0.2) is 23.6 Å². The van der Waals surface area contributed by atoms with Crippen molar-refractivity contribution in [1.82, 2.24) is 5.32 Å². The van der Waals surface area contributed by atoms with Gasteiger partial charge in [0.2, 0.25) is 5.91 Å². The third-order valence-electron chi connectivity index (χ3n) is 4.44. The summed E-state index contributed by atoms with van der Waals surface area (Å²) in [6.07, 6.45) is 0.887. The molecule has 3 rings (SSSR count). The van der Waals surface area contributed by atoms with Gasteiger partial charge < -0.3 is 15.2 Å². The van der Waals surface area contributed by atoms with Crippen LogP contribution >= 0.6 is 0 Å². The van der Waals surface area contributed by atoms with Crippen LogP contribution in [0.5, 0.6) is 5.75 Å². The van der Waals surface area contributed by atoms with E-state index in [1.165, 1.54) is 11.1 Å². The summed E-state index contributed by atoms with van der Waals surface area (Å²) in [6.45, 7) is 2.10. The smallest absolute Gasteiger partial charge is 0.341 e. The maximum atomic E-state index is 12.4. The summed E-state index contributed by atoms with van der Waals surface area (Å²) in [6, 6.07) is 15.3. The van der Waals surface area contributed by atoms with Crippen molar-refractivity contribution in [1.29, 1.82) is 0 Å². The number of carbonyl (C=O) groups is 2. The van der Waals surface area contributed by atoms with Crippen molar-refractivity contribution in [3.05, 3.63) is 65.2 Å². The predicted octanol–water partition coefficient (Wildman–Crippen LogP) is 2.88. The maximum absolute atomic E-state index is 12.4. The molecule has 0 heterocycles. The largest absolute Gasteiger partial charge is 0.482 e. The summed E-state index contributed by atoms with van der Waals surface area (Å²) in [5.41, 5.74) is 3.36. The Morgan fingerprint density at radius 2 is 2.00 bits per heavy atom. The monoisotopic (exact) mass is 339 g/mol. The minimum atomic E-state index is -1.02. The van der Waals surface area contributed by atoms with Gasteiger partial charge in [0.15, 0.2) is 6.61 Å². The van der Waals surface area contributed by atoms with Crippen LogP contribution in [0.3, 0.4) is 0 Å². The fourth-order valence-corrected chi connectivity index (χ4v) is 3.04. The molecule has 1 aliphatic carbocycles. The number of carboxylic acid groups (broad SMARTS) is 1. The van der Waals surface area contributed by atoms with Gasteiger partial charge in [0.05, 0.1) is 0 Å². The van der Waals surface area contributed by atoms with E-state index >= 15 is 0 Å². The van der Waals surface area contributed by atoms with Gasteiger partial charge in [-0.15, -0.1) is 0 Å². The minimum Gasteiger partial charge on any atom is -0.482 e. The van der Waals surface area contributed by atoms with Crippen molar-refractivity contribution in [2.45, 2.75) is 25.8 Å². The summed E-state index contributed by atoms with van der Waals surface area (Å²) in [4.78, 5) is 22.9. The predicted molar refractivity (Wildman–Crippen MR) is 93.4 cm³/mol. The minimum absolute atomic E-state index is 0.0348. The number of carbonyl (C=O) groups excluding carboxylic acids is 1. The number of benzene rings is 2. The lowest BCUT2D eigenvalue weighted by Crippen LogP contribution is -2.25. The molecular weight excluding hydrogens is 318 g/mol. The molecule has 5 nitrogen and oxygen atoms in total. The number of amides is 1. The number of aryl methyl sites for hydroxylation is 1. The molecule has 1 amide bonds. The normalized spacial score (nSPS) is 18.4. The van der Waals surface area contributed by atoms with Crippen molar-refractivity contribution in [3.8, 4) is 5.75 Å². The van der Waals surface area contributed by atoms with Crippen LogP contribution in [0.1, 0.15) is 29.0 Å². The summed E-state index contributed by atoms with van der Waals surface area (Å²) >= 11 is 0. The number of nitrogens with one attached hydrogen (secondary N) is 1. The number of rotatable bonds is 7. The van der Waals surface area contributed by atoms with E-state index in [4.69, 9.17) is 9.84 Å². The van der Waals surface area contributed by atoms with Crippen LogP contribution in [0.15, 0.2) is 48.5 Å². The van der Waals surface area contributed by atoms with E-state index in [-0.39, 0.29) is 18.4 Å². The second-order valence-electron chi connectivity index (χ2n) is 6.35. The van der Waals surface area contributed by atoms with Gasteiger partial charge in [-0.25, -0.2) is 4.79 Å². The van der Waals surface area contributed by atoms with Crippen molar-refractivity contribution >= 4 is 11.9 Å². The Labute approximate surface area is 146 Å². The zero-order valence-electron chi connectivity index (χ0n) is 14.1. The molecule has 0 unspecified atom stereocenters. The summed E-state index contributed by atoms with van der Waals surface area (Å²) in [7, 11) is 0. The first kappa shape index (κ1) is 17.0. The van der Waals surface area contributed by atoms with E-state index in [2.05, 4.69) is 24.4 Å². The Morgan fingerprint density at radius 1 is 1.20 bits per heavy atom. The van der Waals surface area contributed by atoms with Gasteiger partial charge in [0.25, 0.3) is 0 Å². The van der Waals surface area contributed by atoms with Crippen molar-refractivity contribution < 1.29 is 19.4 Å². The van der Waals surface area contributed by atoms with Crippen LogP contribution in [0.2, 0.25) is 0 Å². The van der Waals surface area contributed by atoms with Crippen molar-refractivity contribution in [3.63, 3.8) is 0 Å². The molecule has 2 aromatic rings. The van der Waals surface area contributed by atoms with E-state index < -0.39 is 5.97 Å². The van der Waals surface area contributed by atoms with Gasteiger partial charge in [0, 0.05) is 12.5 Å². The molecule has 0 saturated heterocycles. The molecule has 0 bridgehead atoms. The molecule has 130 valence electrons. The van der Waals surface area contributed by atoms with Crippen LogP contribution in [0.25, 0.3) is 0 Å². The van der Waals surface area contributed by atoms with Gasteiger partial charge in [-0.1, -0.05) is 36.4 Å². The molecule has 1 saturated carbocycles. The fraction of sp³-hybridized carbons (Fsp3) is 0.300. The first-order valence-electron chi connectivity index (χ1n) is 8.31.